The zero-order valence-electron chi connectivity index (χ0n) is 22.3. The van der Waals surface area contributed by atoms with Crippen molar-refractivity contribution < 1.29 is 24.3 Å². The molecule has 0 spiro atoms. The first-order chi connectivity index (χ1) is 16.6. The van der Waals surface area contributed by atoms with Crippen LogP contribution < -0.4 is 5.32 Å². The largest absolute Gasteiger partial charge is 0.464 e. The summed E-state index contributed by atoms with van der Waals surface area (Å²) in [7, 11) is 0. The molecule has 1 aromatic heterocycles. The molecule has 1 aliphatic rings. The molecule has 1 aromatic carbocycles. The number of hydrogen-bond acceptors (Lipinski definition) is 8. The predicted octanol–water partition coefficient (Wildman–Crippen LogP) is 3.91. The highest BCUT2D eigenvalue weighted by Crippen LogP contribution is 2.42. The Morgan fingerprint density at radius 1 is 1.14 bits per heavy atom. The maximum absolute atomic E-state index is 12.4. The van der Waals surface area contributed by atoms with E-state index in [9.17, 15) is 14.8 Å². The van der Waals surface area contributed by atoms with E-state index in [1.165, 1.54) is 5.06 Å². The highest BCUT2D eigenvalue weighted by Gasteiger charge is 2.46. The van der Waals surface area contributed by atoms with E-state index < -0.39 is 34.8 Å². The third kappa shape index (κ3) is 6.11. The van der Waals surface area contributed by atoms with Crippen LogP contribution >= 0.6 is 0 Å². The second kappa shape index (κ2) is 10.0. The molecule has 1 aliphatic heterocycles. The number of nitrogens with zero attached hydrogens (tertiary/aromatic N) is 4. The average Bonchev–Trinajstić information content (AvgIpc) is 3.30. The lowest BCUT2D eigenvalue weighted by Gasteiger charge is -2.35. The summed E-state index contributed by atoms with van der Waals surface area (Å²) in [5.41, 5.74) is 1.36. The lowest BCUT2D eigenvalue weighted by Crippen LogP contribution is -2.47. The first-order valence-corrected chi connectivity index (χ1v) is 12.0. The Bertz CT molecular complexity index is 1130. The normalized spacial score (nSPS) is 17.9. The minimum Gasteiger partial charge on any atom is -0.464 e. The zero-order chi connectivity index (χ0) is 26.9. The number of amides is 1. The summed E-state index contributed by atoms with van der Waals surface area (Å²) in [5.74, 6) is -0.526. The Kier molecular flexibility index (Phi) is 7.61. The quantitative estimate of drug-likeness (QED) is 0.551. The lowest BCUT2D eigenvalue weighted by atomic mass is 9.94. The van der Waals surface area contributed by atoms with Crippen LogP contribution in [0.25, 0.3) is 11.3 Å². The van der Waals surface area contributed by atoms with Crippen LogP contribution in [0, 0.1) is 0 Å². The van der Waals surface area contributed by atoms with E-state index in [4.69, 9.17) is 9.47 Å². The maximum Gasteiger partial charge on any atom is 0.408 e. The predicted molar refractivity (Wildman–Crippen MR) is 135 cm³/mol. The van der Waals surface area contributed by atoms with Gasteiger partial charge < -0.3 is 20.0 Å². The fourth-order valence-electron chi connectivity index (χ4n) is 4.23. The smallest absolute Gasteiger partial charge is 0.408 e. The number of rotatable bonds is 7. The van der Waals surface area contributed by atoms with E-state index in [2.05, 4.69) is 15.6 Å². The van der Waals surface area contributed by atoms with Crippen LogP contribution in [0.5, 0.6) is 0 Å². The van der Waals surface area contributed by atoms with Gasteiger partial charge in [-0.25, -0.2) is 14.3 Å². The molecule has 3 rings (SSSR count). The molecule has 0 bridgehead atoms. The number of hydrogen-bond donors (Lipinski definition) is 2. The first kappa shape index (κ1) is 27.3. The van der Waals surface area contributed by atoms with Gasteiger partial charge >= 0.3 is 12.1 Å². The van der Waals surface area contributed by atoms with Crippen LogP contribution in [0.2, 0.25) is 0 Å². The maximum atomic E-state index is 12.4. The fraction of sp³-hybridized carbons (Fsp3) is 0.538. The van der Waals surface area contributed by atoms with Crippen LogP contribution in [-0.2, 0) is 20.7 Å². The van der Waals surface area contributed by atoms with Crippen molar-refractivity contribution >= 4 is 17.6 Å². The summed E-state index contributed by atoms with van der Waals surface area (Å²) in [5, 5.41) is 23.1. The molecule has 0 saturated heterocycles. The van der Waals surface area contributed by atoms with Gasteiger partial charge in [-0.3, -0.25) is 0 Å². The topological polar surface area (TPSA) is 119 Å². The van der Waals surface area contributed by atoms with Crippen LogP contribution in [0.1, 0.15) is 66.6 Å². The molecule has 0 radical (unpaired) electrons. The molecule has 196 valence electrons. The Hall–Kier alpha value is -3.24. The van der Waals surface area contributed by atoms with E-state index in [0.29, 0.717) is 5.69 Å². The van der Waals surface area contributed by atoms with Crippen molar-refractivity contribution in [2.24, 2.45) is 0 Å². The molecule has 1 unspecified atom stereocenters. The van der Waals surface area contributed by atoms with Crippen molar-refractivity contribution in [3.05, 3.63) is 47.8 Å². The number of carbonyl (C=O) groups is 2. The molecule has 2 aromatic rings. The van der Waals surface area contributed by atoms with Crippen molar-refractivity contribution in [2.45, 2.75) is 84.5 Å². The standard InChI is InChI=1S/C26H37N5O5/c1-9-35-22(32)20(27-23(33)36-24(2,3)4)14-17-10-12-18(13-11-17)30-16-21(28-29-30)19-15-25(5,6)31(34)26(19,7)8/h10-13,15-16,20,34H,9,14H2,1-8H3,(H,27,33). The Labute approximate surface area is 212 Å². The SMILES string of the molecule is CCOC(=O)C(Cc1ccc(-n2cc(C3=CC(C)(C)N(O)C3(C)C)nn2)cc1)NC(=O)OC(C)(C)C. The lowest BCUT2D eigenvalue weighted by molar-refractivity contribution is -0.180. The fourth-order valence-corrected chi connectivity index (χ4v) is 4.23. The average molecular weight is 500 g/mol. The summed E-state index contributed by atoms with van der Waals surface area (Å²) in [6.07, 6.45) is 3.38. The van der Waals surface area contributed by atoms with E-state index in [-0.39, 0.29) is 13.0 Å². The number of hydroxylamine groups is 2. The van der Waals surface area contributed by atoms with Gasteiger partial charge in [0.15, 0.2) is 0 Å². The summed E-state index contributed by atoms with van der Waals surface area (Å²) < 4.78 is 12.1. The molecule has 10 heteroatoms. The molecule has 0 fully saturated rings. The number of alkyl carbamates (subject to hydrolysis) is 1. The van der Waals surface area contributed by atoms with Gasteiger partial charge in [-0.1, -0.05) is 23.4 Å². The molecular weight excluding hydrogens is 462 g/mol. The molecule has 0 saturated carbocycles. The second-order valence-corrected chi connectivity index (χ2v) is 11.0. The van der Waals surface area contributed by atoms with Crippen molar-refractivity contribution in [1.29, 1.82) is 0 Å². The van der Waals surface area contributed by atoms with Crippen LogP contribution in [-0.4, -0.2) is 66.7 Å². The number of aromatic nitrogens is 3. The van der Waals surface area contributed by atoms with Gasteiger partial charge in [0.1, 0.15) is 17.3 Å². The summed E-state index contributed by atoms with van der Waals surface area (Å²) in [6.45, 7) is 14.9. The van der Waals surface area contributed by atoms with E-state index in [0.717, 1.165) is 16.8 Å². The number of carbonyl (C=O) groups excluding carboxylic acids is 2. The molecule has 1 amide bonds. The van der Waals surface area contributed by atoms with Gasteiger partial charge in [0.25, 0.3) is 0 Å². The van der Waals surface area contributed by atoms with Crippen molar-refractivity contribution in [3.63, 3.8) is 0 Å². The third-order valence-corrected chi connectivity index (χ3v) is 5.90. The number of esters is 1. The number of benzene rings is 1. The highest BCUT2D eigenvalue weighted by atomic mass is 16.6. The Morgan fingerprint density at radius 3 is 2.31 bits per heavy atom. The molecule has 2 N–H and O–H groups in total. The minimum absolute atomic E-state index is 0.206. The zero-order valence-corrected chi connectivity index (χ0v) is 22.3. The highest BCUT2D eigenvalue weighted by molar-refractivity contribution is 5.81. The molecular formula is C26H37N5O5. The molecule has 36 heavy (non-hydrogen) atoms. The summed E-state index contributed by atoms with van der Waals surface area (Å²) in [6, 6.07) is 6.55. The monoisotopic (exact) mass is 499 g/mol. The van der Waals surface area contributed by atoms with E-state index >= 15 is 0 Å². The Balaban J connectivity index is 1.76. The van der Waals surface area contributed by atoms with Gasteiger partial charge in [0.2, 0.25) is 0 Å². The van der Waals surface area contributed by atoms with Crippen LogP contribution in [0.15, 0.2) is 36.5 Å². The molecule has 2 heterocycles. The number of ether oxygens (including phenoxy) is 2. The van der Waals surface area contributed by atoms with Crippen LogP contribution in [0.3, 0.4) is 0 Å². The minimum atomic E-state index is -0.884. The van der Waals surface area contributed by atoms with Gasteiger partial charge in [-0.2, -0.15) is 5.06 Å². The van der Waals surface area contributed by atoms with Crippen LogP contribution in [0.4, 0.5) is 4.79 Å². The third-order valence-electron chi connectivity index (χ3n) is 5.90. The van der Waals surface area contributed by atoms with Gasteiger partial charge in [-0.05, 0) is 73.1 Å². The summed E-state index contributed by atoms with van der Waals surface area (Å²) in [4.78, 5) is 24.7. The van der Waals surface area contributed by atoms with Crippen molar-refractivity contribution in [1.82, 2.24) is 25.4 Å². The second-order valence-electron chi connectivity index (χ2n) is 11.0. The number of nitrogens with one attached hydrogen (secondary N) is 1. The van der Waals surface area contributed by atoms with Gasteiger partial charge in [0.05, 0.1) is 29.6 Å². The summed E-state index contributed by atoms with van der Waals surface area (Å²) >= 11 is 0. The molecule has 10 nitrogen and oxygen atoms in total. The molecule has 1 atom stereocenters. The van der Waals surface area contributed by atoms with Crippen molar-refractivity contribution in [2.75, 3.05) is 6.61 Å². The van der Waals surface area contributed by atoms with E-state index in [1.807, 2.05) is 64.2 Å². The first-order valence-electron chi connectivity index (χ1n) is 12.0. The van der Waals surface area contributed by atoms with Gasteiger partial charge in [-0.15, -0.1) is 5.10 Å². The van der Waals surface area contributed by atoms with E-state index in [1.54, 1.807) is 32.4 Å². The van der Waals surface area contributed by atoms with Gasteiger partial charge in [0, 0.05) is 12.0 Å². The van der Waals surface area contributed by atoms with Crippen molar-refractivity contribution in [3.8, 4) is 5.69 Å². The molecule has 0 aliphatic carbocycles. The Morgan fingerprint density at radius 2 is 1.78 bits per heavy atom.